The number of hydrogen-bond acceptors (Lipinski definition) is 6. The van der Waals surface area contributed by atoms with Crippen LogP contribution in [0.15, 0.2) is 24.3 Å². The smallest absolute Gasteiger partial charge is 0.260 e. The second-order valence-electron chi connectivity index (χ2n) is 8.37. The predicted octanol–water partition coefficient (Wildman–Crippen LogP) is 4.59. The summed E-state index contributed by atoms with van der Waals surface area (Å²) in [5.74, 6) is 1.77. The van der Waals surface area contributed by atoms with Gasteiger partial charge in [-0.05, 0) is 62.9 Å². The van der Waals surface area contributed by atoms with Crippen LogP contribution in [-0.2, 0) is 18.4 Å². The molecule has 0 aliphatic heterocycles. The first-order valence-corrected chi connectivity index (χ1v) is 12.0. The van der Waals surface area contributed by atoms with Gasteiger partial charge in [-0.1, -0.05) is 19.9 Å². The Morgan fingerprint density at radius 2 is 1.82 bits per heavy atom. The van der Waals surface area contributed by atoms with Gasteiger partial charge in [0.05, 0.1) is 18.6 Å². The van der Waals surface area contributed by atoms with Gasteiger partial charge in [-0.2, -0.15) is 0 Å². The molecule has 184 valence electrons. The van der Waals surface area contributed by atoms with Gasteiger partial charge in [-0.25, -0.2) is 9.67 Å². The molecule has 3 rings (SSSR count). The summed E-state index contributed by atoms with van der Waals surface area (Å²) in [4.78, 5) is 19.5. The van der Waals surface area contributed by atoms with Gasteiger partial charge in [0.15, 0.2) is 23.8 Å². The number of fused-ring (bicyclic) bond motifs is 1. The molecule has 8 heteroatoms. The van der Waals surface area contributed by atoms with Gasteiger partial charge in [-0.3, -0.25) is 4.79 Å². The summed E-state index contributed by atoms with van der Waals surface area (Å²) in [6, 6.07) is 7.84. The number of pyridine rings is 1. The van der Waals surface area contributed by atoms with E-state index in [0.717, 1.165) is 46.4 Å². The molecular formula is C26H36N4O4. The molecule has 34 heavy (non-hydrogen) atoms. The maximum absolute atomic E-state index is 13.1. The molecule has 0 saturated carbocycles. The van der Waals surface area contributed by atoms with Crippen molar-refractivity contribution < 1.29 is 19.0 Å². The maximum Gasteiger partial charge on any atom is 0.260 e. The summed E-state index contributed by atoms with van der Waals surface area (Å²) in [7, 11) is 1.83. The van der Waals surface area contributed by atoms with Crippen molar-refractivity contribution in [3.8, 4) is 17.4 Å². The highest BCUT2D eigenvalue weighted by atomic mass is 16.5. The molecule has 2 aromatic heterocycles. The molecule has 1 aromatic carbocycles. The Kier molecular flexibility index (Phi) is 8.73. The van der Waals surface area contributed by atoms with Gasteiger partial charge in [0, 0.05) is 25.8 Å². The van der Waals surface area contributed by atoms with E-state index in [1.807, 2.05) is 52.1 Å². The Labute approximate surface area is 201 Å². The largest absolute Gasteiger partial charge is 0.490 e. The van der Waals surface area contributed by atoms with E-state index < -0.39 is 0 Å². The number of rotatable bonds is 12. The van der Waals surface area contributed by atoms with E-state index >= 15 is 0 Å². The van der Waals surface area contributed by atoms with Crippen molar-refractivity contribution in [2.45, 2.75) is 54.0 Å². The van der Waals surface area contributed by atoms with Gasteiger partial charge < -0.3 is 19.1 Å². The van der Waals surface area contributed by atoms with Crippen molar-refractivity contribution in [2.24, 2.45) is 7.05 Å². The fraction of sp³-hybridized carbons (Fsp3) is 0.500. The summed E-state index contributed by atoms with van der Waals surface area (Å²) < 4.78 is 19.2. The number of ether oxygens (including phenoxy) is 3. The molecule has 8 nitrogen and oxygen atoms in total. The Morgan fingerprint density at radius 3 is 2.53 bits per heavy atom. The van der Waals surface area contributed by atoms with Gasteiger partial charge in [0.25, 0.3) is 5.91 Å². The molecular weight excluding hydrogens is 432 g/mol. The molecule has 0 radical (unpaired) electrons. The molecule has 3 aromatic rings. The highest BCUT2D eigenvalue weighted by Crippen LogP contribution is 2.30. The van der Waals surface area contributed by atoms with Crippen molar-refractivity contribution >= 4 is 16.9 Å². The Bertz CT molecular complexity index is 1130. The molecule has 0 N–H and O–H groups in total. The Hall–Kier alpha value is -3.29. The zero-order valence-electron chi connectivity index (χ0n) is 21.2. The standard InChI is InChI=1S/C26H36N4O4/c1-7-12-30(16-20-10-11-21(33-13-8-2)22(15-20)32-9-3)23(31)17-34-26-24-18(4)14-19(5)27-25(24)29(6)28-26/h10-11,14-15H,7-9,12-13,16-17H2,1-6H3. The molecule has 0 atom stereocenters. The number of hydrogen-bond donors (Lipinski definition) is 0. The van der Waals surface area contributed by atoms with Crippen LogP contribution in [0, 0.1) is 13.8 Å². The molecule has 0 unspecified atom stereocenters. The number of amides is 1. The average Bonchev–Trinajstić information content (AvgIpc) is 3.12. The summed E-state index contributed by atoms with van der Waals surface area (Å²) in [5, 5.41) is 5.29. The minimum atomic E-state index is -0.0948. The Morgan fingerprint density at radius 1 is 1.03 bits per heavy atom. The predicted molar refractivity (Wildman–Crippen MR) is 133 cm³/mol. The van der Waals surface area contributed by atoms with Crippen molar-refractivity contribution in [1.82, 2.24) is 19.7 Å². The van der Waals surface area contributed by atoms with Gasteiger partial charge in [-0.15, -0.1) is 5.10 Å². The lowest BCUT2D eigenvalue weighted by Gasteiger charge is -2.23. The van der Waals surface area contributed by atoms with Crippen LogP contribution in [0.4, 0.5) is 0 Å². The summed E-state index contributed by atoms with van der Waals surface area (Å²) in [6.07, 6.45) is 1.77. The monoisotopic (exact) mass is 468 g/mol. The molecule has 1 amide bonds. The number of aromatic nitrogens is 3. The first kappa shape index (κ1) is 25.3. The van der Waals surface area contributed by atoms with Crippen LogP contribution >= 0.6 is 0 Å². The average molecular weight is 469 g/mol. The van der Waals surface area contributed by atoms with E-state index in [1.54, 1.807) is 9.58 Å². The van der Waals surface area contributed by atoms with Crippen molar-refractivity contribution in [3.05, 3.63) is 41.1 Å². The highest BCUT2D eigenvalue weighted by molar-refractivity contribution is 5.85. The lowest BCUT2D eigenvalue weighted by molar-refractivity contribution is -0.134. The van der Waals surface area contributed by atoms with Gasteiger partial charge >= 0.3 is 0 Å². The van der Waals surface area contributed by atoms with Crippen molar-refractivity contribution in [2.75, 3.05) is 26.4 Å². The van der Waals surface area contributed by atoms with Crippen LogP contribution in [0.5, 0.6) is 17.4 Å². The van der Waals surface area contributed by atoms with Crippen LogP contribution in [0.1, 0.15) is 50.4 Å². The summed E-state index contributed by atoms with van der Waals surface area (Å²) in [5.41, 5.74) is 3.67. The van der Waals surface area contributed by atoms with Crippen LogP contribution in [0.25, 0.3) is 11.0 Å². The van der Waals surface area contributed by atoms with E-state index in [2.05, 4.69) is 23.9 Å². The number of carbonyl (C=O) groups excluding carboxylic acids is 1. The van der Waals surface area contributed by atoms with Crippen molar-refractivity contribution in [1.29, 1.82) is 0 Å². The zero-order chi connectivity index (χ0) is 24.7. The van der Waals surface area contributed by atoms with Crippen LogP contribution in [0.2, 0.25) is 0 Å². The number of nitrogens with zero attached hydrogens (tertiary/aromatic N) is 4. The topological polar surface area (TPSA) is 78.7 Å². The Balaban J connectivity index is 1.74. The first-order valence-electron chi connectivity index (χ1n) is 12.0. The third kappa shape index (κ3) is 5.98. The van der Waals surface area contributed by atoms with E-state index in [-0.39, 0.29) is 12.5 Å². The molecule has 0 bridgehead atoms. The van der Waals surface area contributed by atoms with Crippen LogP contribution < -0.4 is 14.2 Å². The molecule has 0 fully saturated rings. The fourth-order valence-electron chi connectivity index (χ4n) is 3.90. The van der Waals surface area contributed by atoms with Crippen LogP contribution in [-0.4, -0.2) is 51.9 Å². The molecule has 0 aliphatic carbocycles. The van der Waals surface area contributed by atoms with E-state index in [0.29, 0.717) is 37.9 Å². The quantitative estimate of drug-likeness (QED) is 0.387. The minimum Gasteiger partial charge on any atom is -0.490 e. The molecule has 0 spiro atoms. The highest BCUT2D eigenvalue weighted by Gasteiger charge is 2.19. The molecule has 0 saturated heterocycles. The van der Waals surface area contributed by atoms with Crippen LogP contribution in [0.3, 0.4) is 0 Å². The lowest BCUT2D eigenvalue weighted by Crippen LogP contribution is -2.35. The summed E-state index contributed by atoms with van der Waals surface area (Å²) >= 11 is 0. The molecule has 2 heterocycles. The SMILES string of the molecule is CCCOc1ccc(CN(CCC)C(=O)COc2nn(C)c3nc(C)cc(C)c23)cc1OCC. The van der Waals surface area contributed by atoms with E-state index in [9.17, 15) is 4.79 Å². The fourth-order valence-corrected chi connectivity index (χ4v) is 3.90. The second kappa shape index (κ2) is 11.7. The van der Waals surface area contributed by atoms with Gasteiger partial charge in [0.1, 0.15) is 0 Å². The zero-order valence-corrected chi connectivity index (χ0v) is 21.2. The normalized spacial score (nSPS) is 11.0. The first-order chi connectivity index (χ1) is 16.4. The second-order valence-corrected chi connectivity index (χ2v) is 8.37. The van der Waals surface area contributed by atoms with Gasteiger partial charge in [0.2, 0.25) is 5.88 Å². The number of benzene rings is 1. The number of carbonyl (C=O) groups is 1. The third-order valence-electron chi connectivity index (χ3n) is 5.41. The minimum absolute atomic E-state index is 0.0879. The maximum atomic E-state index is 13.1. The number of aryl methyl sites for hydroxylation is 3. The van der Waals surface area contributed by atoms with E-state index in [4.69, 9.17) is 14.2 Å². The van der Waals surface area contributed by atoms with Crippen molar-refractivity contribution in [3.63, 3.8) is 0 Å². The summed E-state index contributed by atoms with van der Waals surface area (Å²) in [6.45, 7) is 12.2. The van der Waals surface area contributed by atoms with E-state index in [1.165, 1.54) is 0 Å². The molecule has 0 aliphatic rings. The third-order valence-corrected chi connectivity index (χ3v) is 5.41. The lowest BCUT2D eigenvalue weighted by atomic mass is 10.1.